The molecule has 0 aliphatic rings. The van der Waals surface area contributed by atoms with Gasteiger partial charge < -0.3 is 10.1 Å². The van der Waals surface area contributed by atoms with Gasteiger partial charge in [0.15, 0.2) is 5.82 Å². The minimum absolute atomic E-state index is 0.255. The first kappa shape index (κ1) is 10.5. The lowest BCUT2D eigenvalue weighted by molar-refractivity contribution is 0.452. The van der Waals surface area contributed by atoms with E-state index >= 15 is 0 Å². The average molecular weight is 239 g/mol. The number of aromatic nitrogens is 3. The molecule has 88 valence electrons. The van der Waals surface area contributed by atoms with Crippen molar-refractivity contribution in [3.63, 3.8) is 0 Å². The Labute approximate surface area is 102 Å². The maximum atomic E-state index is 11.3. The molecule has 1 aromatic carbocycles. The summed E-state index contributed by atoms with van der Waals surface area (Å²) >= 11 is 0. The van der Waals surface area contributed by atoms with Crippen LogP contribution in [0.1, 0.15) is 0 Å². The van der Waals surface area contributed by atoms with Crippen LogP contribution in [0.15, 0.2) is 47.3 Å². The fourth-order valence-corrected chi connectivity index (χ4v) is 1.76. The first-order valence-electron chi connectivity index (χ1n) is 5.39. The molecule has 0 amide bonds. The molecule has 5 nitrogen and oxygen atoms in total. The normalized spacial score (nSPS) is 10.7. The van der Waals surface area contributed by atoms with Gasteiger partial charge >= 0.3 is 0 Å². The Hall–Kier alpha value is -2.69. The molecule has 0 radical (unpaired) electrons. The van der Waals surface area contributed by atoms with Gasteiger partial charge in [0.2, 0.25) is 5.88 Å². The summed E-state index contributed by atoms with van der Waals surface area (Å²) in [4.78, 5) is 22.0. The molecular formula is C13H9N3O2. The third kappa shape index (κ3) is 1.82. The van der Waals surface area contributed by atoms with E-state index in [0.717, 1.165) is 17.0 Å². The highest BCUT2D eigenvalue weighted by Crippen LogP contribution is 2.18. The summed E-state index contributed by atoms with van der Waals surface area (Å²) in [5, 5.41) is 10.3. The predicted octanol–water partition coefficient (Wildman–Crippen LogP) is 1.69. The van der Waals surface area contributed by atoms with Crippen molar-refractivity contribution < 1.29 is 5.11 Å². The van der Waals surface area contributed by atoms with Gasteiger partial charge in [-0.2, -0.15) is 4.98 Å². The van der Waals surface area contributed by atoms with E-state index in [4.69, 9.17) is 0 Å². The minimum Gasteiger partial charge on any atom is -0.493 e. The van der Waals surface area contributed by atoms with Crippen LogP contribution in [0.4, 0.5) is 0 Å². The first-order valence-corrected chi connectivity index (χ1v) is 5.39. The van der Waals surface area contributed by atoms with Crippen molar-refractivity contribution in [1.82, 2.24) is 15.0 Å². The predicted molar refractivity (Wildman–Crippen MR) is 67.3 cm³/mol. The van der Waals surface area contributed by atoms with Crippen LogP contribution >= 0.6 is 0 Å². The van der Waals surface area contributed by atoms with Crippen molar-refractivity contribution in [2.24, 2.45) is 0 Å². The maximum absolute atomic E-state index is 11.3. The van der Waals surface area contributed by atoms with Crippen LogP contribution in [0.5, 0.6) is 5.88 Å². The molecule has 5 heteroatoms. The number of pyridine rings is 1. The zero-order valence-corrected chi connectivity index (χ0v) is 9.29. The summed E-state index contributed by atoms with van der Waals surface area (Å²) in [5.74, 6) is -0.0607. The van der Waals surface area contributed by atoms with Crippen molar-refractivity contribution in [2.75, 3.05) is 0 Å². The fourth-order valence-electron chi connectivity index (χ4n) is 1.76. The molecule has 2 N–H and O–H groups in total. The van der Waals surface area contributed by atoms with E-state index < -0.39 is 5.56 Å². The molecule has 3 aromatic rings. The second kappa shape index (κ2) is 3.96. The zero-order chi connectivity index (χ0) is 12.5. The van der Waals surface area contributed by atoms with Gasteiger partial charge in [0.1, 0.15) is 5.69 Å². The number of hydrogen-bond acceptors (Lipinski definition) is 4. The minimum atomic E-state index is -0.410. The molecule has 2 heterocycles. The van der Waals surface area contributed by atoms with Gasteiger partial charge in [-0.3, -0.25) is 4.79 Å². The largest absolute Gasteiger partial charge is 0.493 e. The second-order valence-electron chi connectivity index (χ2n) is 3.84. The number of nitrogens with one attached hydrogen (secondary N) is 1. The molecule has 0 aliphatic carbocycles. The lowest BCUT2D eigenvalue weighted by Crippen LogP contribution is -2.07. The number of aromatic hydroxyl groups is 1. The Morgan fingerprint density at radius 2 is 1.89 bits per heavy atom. The average Bonchev–Trinajstić information content (AvgIpc) is 2.37. The Bertz CT molecular complexity index is 780. The van der Waals surface area contributed by atoms with Crippen molar-refractivity contribution in [3.8, 4) is 17.4 Å². The second-order valence-corrected chi connectivity index (χ2v) is 3.84. The summed E-state index contributed by atoms with van der Waals surface area (Å²) in [5.41, 5.74) is 0.912. The van der Waals surface area contributed by atoms with Gasteiger partial charge in [-0.1, -0.05) is 24.3 Å². The van der Waals surface area contributed by atoms with Gasteiger partial charge in [0.05, 0.1) is 11.6 Å². The third-order valence-electron chi connectivity index (χ3n) is 2.57. The standard InChI is InChI=1S/C13H9N3O2/c17-11-7-12(18)16-13(15-11)10-6-5-8-3-1-2-4-9(8)14-10/h1-7H,(H2,15,16,17,18). The van der Waals surface area contributed by atoms with Gasteiger partial charge in [0.25, 0.3) is 5.56 Å². The van der Waals surface area contributed by atoms with Gasteiger partial charge in [-0.15, -0.1) is 0 Å². The topological polar surface area (TPSA) is 78.9 Å². The Balaban J connectivity index is 2.22. The number of nitrogens with zero attached hydrogens (tertiary/aromatic N) is 2. The molecule has 0 spiro atoms. The van der Waals surface area contributed by atoms with E-state index in [2.05, 4.69) is 15.0 Å². The van der Waals surface area contributed by atoms with E-state index in [0.29, 0.717) is 5.69 Å². The number of H-pyrrole nitrogens is 1. The molecule has 0 fully saturated rings. The number of benzene rings is 1. The smallest absolute Gasteiger partial charge is 0.255 e. The van der Waals surface area contributed by atoms with Crippen molar-refractivity contribution in [1.29, 1.82) is 0 Å². The molecule has 0 aliphatic heterocycles. The van der Waals surface area contributed by atoms with Gasteiger partial charge in [0, 0.05) is 5.39 Å². The molecule has 0 bridgehead atoms. The lowest BCUT2D eigenvalue weighted by Gasteiger charge is -2.02. The molecule has 0 unspecified atom stereocenters. The van der Waals surface area contributed by atoms with Crippen LogP contribution in [-0.2, 0) is 0 Å². The van der Waals surface area contributed by atoms with Gasteiger partial charge in [-0.05, 0) is 12.1 Å². The highest BCUT2D eigenvalue weighted by molar-refractivity contribution is 5.80. The van der Waals surface area contributed by atoms with Crippen molar-refractivity contribution in [2.45, 2.75) is 0 Å². The molecule has 18 heavy (non-hydrogen) atoms. The maximum Gasteiger partial charge on any atom is 0.255 e. The summed E-state index contributed by atoms with van der Waals surface area (Å²) in [6.07, 6.45) is 0. The van der Waals surface area contributed by atoms with Gasteiger partial charge in [-0.25, -0.2) is 4.98 Å². The van der Waals surface area contributed by atoms with E-state index in [-0.39, 0.29) is 11.7 Å². The number of fused-ring (bicyclic) bond motifs is 1. The number of para-hydroxylation sites is 1. The summed E-state index contributed by atoms with van der Waals surface area (Å²) < 4.78 is 0. The highest BCUT2D eigenvalue weighted by atomic mass is 16.3. The molecule has 2 aromatic heterocycles. The molecule has 0 saturated carbocycles. The van der Waals surface area contributed by atoms with Crippen molar-refractivity contribution in [3.05, 3.63) is 52.8 Å². The summed E-state index contributed by atoms with van der Waals surface area (Å²) in [7, 11) is 0. The first-order chi connectivity index (χ1) is 8.72. The summed E-state index contributed by atoms with van der Waals surface area (Å²) in [6.45, 7) is 0. The van der Waals surface area contributed by atoms with Crippen LogP contribution in [0.25, 0.3) is 22.4 Å². The lowest BCUT2D eigenvalue weighted by atomic mass is 10.2. The highest BCUT2D eigenvalue weighted by Gasteiger charge is 2.05. The Kier molecular flexibility index (Phi) is 2.30. The van der Waals surface area contributed by atoms with E-state index in [1.54, 1.807) is 6.07 Å². The van der Waals surface area contributed by atoms with Crippen LogP contribution in [0.2, 0.25) is 0 Å². The van der Waals surface area contributed by atoms with E-state index in [1.807, 2.05) is 30.3 Å². The molecule has 0 atom stereocenters. The third-order valence-corrected chi connectivity index (χ3v) is 2.57. The molecule has 3 rings (SSSR count). The van der Waals surface area contributed by atoms with Crippen LogP contribution in [-0.4, -0.2) is 20.1 Å². The van der Waals surface area contributed by atoms with Crippen LogP contribution in [0, 0.1) is 0 Å². The molecule has 0 saturated heterocycles. The van der Waals surface area contributed by atoms with Crippen LogP contribution < -0.4 is 5.56 Å². The van der Waals surface area contributed by atoms with Crippen molar-refractivity contribution >= 4 is 10.9 Å². The number of aromatic amines is 1. The monoisotopic (exact) mass is 239 g/mol. The summed E-state index contributed by atoms with van der Waals surface area (Å²) in [6, 6.07) is 12.3. The Morgan fingerprint density at radius 3 is 2.72 bits per heavy atom. The van der Waals surface area contributed by atoms with E-state index in [9.17, 15) is 9.90 Å². The molecular weight excluding hydrogens is 230 g/mol. The Morgan fingerprint density at radius 1 is 1.06 bits per heavy atom. The number of hydrogen-bond donors (Lipinski definition) is 2. The zero-order valence-electron chi connectivity index (χ0n) is 9.29. The fraction of sp³-hybridized carbons (Fsp3) is 0. The van der Waals surface area contributed by atoms with Crippen LogP contribution in [0.3, 0.4) is 0 Å². The quantitative estimate of drug-likeness (QED) is 0.677. The van der Waals surface area contributed by atoms with E-state index in [1.165, 1.54) is 0 Å². The SMILES string of the molecule is O=c1cc(O)nc(-c2ccc3ccccc3n2)[nH]1. The number of rotatable bonds is 1.